The second-order valence-electron chi connectivity index (χ2n) is 6.32. The van der Waals surface area contributed by atoms with E-state index in [9.17, 15) is 4.79 Å². The average Bonchev–Trinajstić information content (AvgIpc) is 3.14. The molecule has 0 bridgehead atoms. The normalized spacial score (nSPS) is 12.7. The number of aryl methyl sites for hydroxylation is 1. The van der Waals surface area contributed by atoms with E-state index in [0.29, 0.717) is 17.8 Å². The molecule has 0 saturated carbocycles. The van der Waals surface area contributed by atoms with Crippen molar-refractivity contribution in [3.63, 3.8) is 0 Å². The van der Waals surface area contributed by atoms with Crippen LogP contribution in [0.2, 0.25) is 0 Å². The number of carbonyl (C=O) groups is 1. The van der Waals surface area contributed by atoms with Crippen LogP contribution < -0.4 is 5.32 Å². The molecule has 3 rings (SSSR count). The maximum atomic E-state index is 12.6. The van der Waals surface area contributed by atoms with Crippen molar-refractivity contribution in [2.24, 2.45) is 0 Å². The number of rotatable bonds is 5. The summed E-state index contributed by atoms with van der Waals surface area (Å²) in [5.41, 5.74) is 2.09. The second-order valence-corrected chi connectivity index (χ2v) is 6.32. The predicted octanol–water partition coefficient (Wildman–Crippen LogP) is 2.34. The number of fused-ring (bicyclic) bond motifs is 1. The number of amides is 1. The van der Waals surface area contributed by atoms with Gasteiger partial charge in [-0.05, 0) is 39.8 Å². The summed E-state index contributed by atoms with van der Waals surface area (Å²) in [5.74, 6) is -0.126. The first-order valence-corrected chi connectivity index (χ1v) is 8.09. The molecule has 0 radical (unpaired) electrons. The standard InChI is InChI=1S/C17H22N6O/c1-11(2)23-16-14(9-19-23)8-15(13(4)21-16)17(24)20-12(3)10-22-7-5-6-18-22/h5-9,11-12H,10H2,1-4H3,(H,20,24). The zero-order valence-corrected chi connectivity index (χ0v) is 14.4. The molecule has 0 aromatic carbocycles. The first-order valence-electron chi connectivity index (χ1n) is 8.09. The summed E-state index contributed by atoms with van der Waals surface area (Å²) in [6.07, 6.45) is 5.36. The number of nitrogens with one attached hydrogen (secondary N) is 1. The number of hydrogen-bond acceptors (Lipinski definition) is 4. The van der Waals surface area contributed by atoms with Crippen LogP contribution in [0.1, 0.15) is 42.9 Å². The van der Waals surface area contributed by atoms with Crippen molar-refractivity contribution in [2.45, 2.75) is 46.3 Å². The molecule has 0 spiro atoms. The summed E-state index contributed by atoms with van der Waals surface area (Å²) in [4.78, 5) is 17.2. The first-order chi connectivity index (χ1) is 11.5. The number of aromatic nitrogens is 5. The van der Waals surface area contributed by atoms with E-state index in [2.05, 4.69) is 34.3 Å². The smallest absolute Gasteiger partial charge is 0.253 e. The van der Waals surface area contributed by atoms with Gasteiger partial charge in [-0.25, -0.2) is 9.67 Å². The van der Waals surface area contributed by atoms with Gasteiger partial charge in [0, 0.05) is 29.9 Å². The Balaban J connectivity index is 1.80. The molecule has 0 aliphatic carbocycles. The van der Waals surface area contributed by atoms with Crippen LogP contribution in [0.25, 0.3) is 11.0 Å². The van der Waals surface area contributed by atoms with Crippen LogP contribution in [-0.4, -0.2) is 36.5 Å². The highest BCUT2D eigenvalue weighted by Crippen LogP contribution is 2.19. The van der Waals surface area contributed by atoms with Crippen molar-refractivity contribution < 1.29 is 4.79 Å². The highest BCUT2D eigenvalue weighted by Gasteiger charge is 2.17. The van der Waals surface area contributed by atoms with Crippen molar-refractivity contribution in [1.29, 1.82) is 0 Å². The fourth-order valence-corrected chi connectivity index (χ4v) is 2.71. The third kappa shape index (κ3) is 3.15. The molecule has 1 N–H and O–H groups in total. The van der Waals surface area contributed by atoms with Crippen LogP contribution in [0.15, 0.2) is 30.7 Å². The largest absolute Gasteiger partial charge is 0.348 e. The predicted molar refractivity (Wildman–Crippen MR) is 91.8 cm³/mol. The Morgan fingerprint density at radius 1 is 1.29 bits per heavy atom. The van der Waals surface area contributed by atoms with Crippen molar-refractivity contribution in [3.05, 3.63) is 42.0 Å². The number of carbonyl (C=O) groups excluding carboxylic acids is 1. The molecule has 1 unspecified atom stereocenters. The summed E-state index contributed by atoms with van der Waals surface area (Å²) < 4.78 is 3.66. The quantitative estimate of drug-likeness (QED) is 0.780. The average molecular weight is 326 g/mol. The molecule has 0 aliphatic heterocycles. The summed E-state index contributed by atoms with van der Waals surface area (Å²) in [7, 11) is 0. The molecule has 1 amide bonds. The van der Waals surface area contributed by atoms with Gasteiger partial charge in [0.25, 0.3) is 5.91 Å². The SMILES string of the molecule is Cc1nc2c(cnn2C(C)C)cc1C(=O)NC(C)Cn1cccn1. The Bertz CT molecular complexity index is 849. The fourth-order valence-electron chi connectivity index (χ4n) is 2.71. The fraction of sp³-hybridized carbons (Fsp3) is 0.412. The van der Waals surface area contributed by atoms with Crippen molar-refractivity contribution in [1.82, 2.24) is 29.9 Å². The van der Waals surface area contributed by atoms with Crippen LogP contribution in [0, 0.1) is 6.92 Å². The molecule has 1 atom stereocenters. The summed E-state index contributed by atoms with van der Waals surface area (Å²) >= 11 is 0. The zero-order valence-electron chi connectivity index (χ0n) is 14.4. The van der Waals surface area contributed by atoms with Crippen LogP contribution in [-0.2, 0) is 6.54 Å². The van der Waals surface area contributed by atoms with E-state index in [1.165, 1.54) is 0 Å². The molecule has 24 heavy (non-hydrogen) atoms. The van der Waals surface area contributed by atoms with Crippen LogP contribution in [0.4, 0.5) is 0 Å². The lowest BCUT2D eigenvalue weighted by Crippen LogP contribution is -2.36. The van der Waals surface area contributed by atoms with Gasteiger partial charge in [0.15, 0.2) is 5.65 Å². The minimum atomic E-state index is -0.126. The summed E-state index contributed by atoms with van der Waals surface area (Å²) in [6.45, 7) is 8.54. The molecule has 0 fully saturated rings. The molecule has 126 valence electrons. The molecule has 3 aromatic heterocycles. The molecular formula is C17H22N6O. The van der Waals surface area contributed by atoms with Gasteiger partial charge < -0.3 is 5.32 Å². The molecule has 3 heterocycles. The Kier molecular flexibility index (Phi) is 4.33. The first kappa shape index (κ1) is 16.2. The van der Waals surface area contributed by atoms with Gasteiger partial charge in [0.1, 0.15) is 0 Å². The molecule has 0 aliphatic rings. The van der Waals surface area contributed by atoms with E-state index < -0.39 is 0 Å². The van der Waals surface area contributed by atoms with Gasteiger partial charge in [-0.3, -0.25) is 9.48 Å². The Hall–Kier alpha value is -2.70. The lowest BCUT2D eigenvalue weighted by molar-refractivity contribution is 0.0935. The minimum Gasteiger partial charge on any atom is -0.348 e. The molecule has 0 saturated heterocycles. The Labute approximate surface area is 140 Å². The van der Waals surface area contributed by atoms with E-state index in [1.54, 1.807) is 17.1 Å². The summed E-state index contributed by atoms with van der Waals surface area (Å²) in [5, 5.41) is 12.4. The van der Waals surface area contributed by atoms with Gasteiger partial charge in [0.2, 0.25) is 0 Å². The van der Waals surface area contributed by atoms with Crippen molar-refractivity contribution in [2.75, 3.05) is 0 Å². The van der Waals surface area contributed by atoms with Gasteiger partial charge in [-0.1, -0.05) is 0 Å². The van der Waals surface area contributed by atoms with Crippen molar-refractivity contribution >= 4 is 16.9 Å². The van der Waals surface area contributed by atoms with E-state index in [0.717, 1.165) is 11.0 Å². The number of nitrogens with zero attached hydrogens (tertiary/aromatic N) is 5. The second kappa shape index (κ2) is 6.43. The lowest BCUT2D eigenvalue weighted by atomic mass is 10.1. The third-order valence-corrected chi connectivity index (χ3v) is 3.89. The highest BCUT2D eigenvalue weighted by atomic mass is 16.1. The van der Waals surface area contributed by atoms with E-state index >= 15 is 0 Å². The molecule has 3 aromatic rings. The van der Waals surface area contributed by atoms with Gasteiger partial charge in [0.05, 0.1) is 24.0 Å². The van der Waals surface area contributed by atoms with Crippen LogP contribution >= 0.6 is 0 Å². The summed E-state index contributed by atoms with van der Waals surface area (Å²) in [6, 6.07) is 3.91. The zero-order chi connectivity index (χ0) is 17.3. The number of hydrogen-bond donors (Lipinski definition) is 1. The van der Waals surface area contributed by atoms with Crippen molar-refractivity contribution in [3.8, 4) is 0 Å². The Morgan fingerprint density at radius 3 is 2.75 bits per heavy atom. The Morgan fingerprint density at radius 2 is 2.08 bits per heavy atom. The third-order valence-electron chi connectivity index (χ3n) is 3.89. The molecular weight excluding hydrogens is 304 g/mol. The minimum absolute atomic E-state index is 0.0362. The van der Waals surface area contributed by atoms with Gasteiger partial charge >= 0.3 is 0 Å². The topological polar surface area (TPSA) is 77.6 Å². The van der Waals surface area contributed by atoms with E-state index in [4.69, 9.17) is 0 Å². The maximum absolute atomic E-state index is 12.6. The van der Waals surface area contributed by atoms with Crippen LogP contribution in [0.3, 0.4) is 0 Å². The van der Waals surface area contributed by atoms with Gasteiger partial charge in [-0.15, -0.1) is 0 Å². The molecule has 7 heteroatoms. The van der Waals surface area contributed by atoms with E-state index in [1.807, 2.05) is 36.9 Å². The van der Waals surface area contributed by atoms with Gasteiger partial charge in [-0.2, -0.15) is 10.2 Å². The molecule has 7 nitrogen and oxygen atoms in total. The van der Waals surface area contributed by atoms with E-state index in [-0.39, 0.29) is 18.0 Å². The maximum Gasteiger partial charge on any atom is 0.253 e. The highest BCUT2D eigenvalue weighted by molar-refractivity contribution is 5.98. The number of pyridine rings is 1. The monoisotopic (exact) mass is 326 g/mol. The lowest BCUT2D eigenvalue weighted by Gasteiger charge is -2.15. The van der Waals surface area contributed by atoms with Crippen LogP contribution in [0.5, 0.6) is 0 Å².